The van der Waals surface area contributed by atoms with Gasteiger partial charge in [0.05, 0.1) is 10.3 Å². The van der Waals surface area contributed by atoms with Crippen molar-refractivity contribution < 1.29 is 8.42 Å². The van der Waals surface area contributed by atoms with E-state index in [-0.39, 0.29) is 16.8 Å². The van der Waals surface area contributed by atoms with Crippen LogP contribution in [0.2, 0.25) is 0 Å². The monoisotopic (exact) mass is 323 g/mol. The summed E-state index contributed by atoms with van der Waals surface area (Å²) in [6.07, 6.45) is 0.624. The quantitative estimate of drug-likeness (QED) is 0.830. The average Bonchev–Trinajstić information content (AvgIpc) is 2.47. The van der Waals surface area contributed by atoms with Gasteiger partial charge in [-0.15, -0.1) is 11.6 Å². The van der Waals surface area contributed by atoms with Crippen LogP contribution < -0.4 is 4.72 Å². The van der Waals surface area contributed by atoms with Crippen LogP contribution in [0.5, 0.6) is 0 Å². The van der Waals surface area contributed by atoms with E-state index in [4.69, 9.17) is 11.6 Å². The van der Waals surface area contributed by atoms with Crippen molar-refractivity contribution in [2.75, 3.05) is 6.54 Å². The van der Waals surface area contributed by atoms with E-state index in [1.54, 1.807) is 24.3 Å². The highest BCUT2D eigenvalue weighted by Crippen LogP contribution is 2.12. The summed E-state index contributed by atoms with van der Waals surface area (Å²) >= 11 is 6.21. The molecule has 0 fully saturated rings. The number of rotatable bonds is 6. The summed E-state index contributed by atoms with van der Waals surface area (Å²) in [6.45, 7) is 2.12. The maximum Gasteiger partial charge on any atom is 0.240 e. The molecule has 0 aliphatic heterocycles. The topological polar surface area (TPSA) is 46.2 Å². The Morgan fingerprint density at radius 2 is 1.67 bits per heavy atom. The molecule has 1 N–H and O–H groups in total. The Bertz CT molecular complexity index is 669. The zero-order valence-corrected chi connectivity index (χ0v) is 13.4. The SMILES string of the molecule is Cc1ccc(S(=O)(=O)NCC(Cl)Cc2ccccc2)cc1. The Kier molecular flexibility index (Phi) is 5.39. The van der Waals surface area contributed by atoms with Crippen molar-refractivity contribution >= 4 is 21.6 Å². The lowest BCUT2D eigenvalue weighted by Gasteiger charge is -2.11. The smallest absolute Gasteiger partial charge is 0.210 e. The van der Waals surface area contributed by atoms with Gasteiger partial charge < -0.3 is 0 Å². The summed E-state index contributed by atoms with van der Waals surface area (Å²) in [5.41, 5.74) is 2.11. The molecule has 1 atom stereocenters. The van der Waals surface area contributed by atoms with Gasteiger partial charge in [-0.1, -0.05) is 48.0 Å². The van der Waals surface area contributed by atoms with Gasteiger partial charge in [-0.05, 0) is 31.0 Å². The van der Waals surface area contributed by atoms with E-state index in [2.05, 4.69) is 4.72 Å². The second-order valence-electron chi connectivity index (χ2n) is 4.95. The standard InChI is InChI=1S/C16H18ClNO2S/c1-13-7-9-16(10-8-13)21(19,20)18-12-15(17)11-14-5-3-2-4-6-14/h2-10,15,18H,11-12H2,1H3. The number of nitrogens with one attached hydrogen (secondary N) is 1. The molecule has 2 aromatic carbocycles. The van der Waals surface area contributed by atoms with Gasteiger partial charge in [0.2, 0.25) is 10.0 Å². The molecule has 0 aliphatic carbocycles. The summed E-state index contributed by atoms with van der Waals surface area (Å²) < 4.78 is 26.8. The molecular weight excluding hydrogens is 306 g/mol. The average molecular weight is 324 g/mol. The Morgan fingerprint density at radius 3 is 2.29 bits per heavy atom. The minimum absolute atomic E-state index is 0.201. The summed E-state index contributed by atoms with van der Waals surface area (Å²) in [7, 11) is -3.50. The molecule has 0 saturated heterocycles. The predicted molar refractivity (Wildman–Crippen MR) is 86.2 cm³/mol. The Hall–Kier alpha value is -1.36. The van der Waals surface area contributed by atoms with Crippen molar-refractivity contribution in [3.05, 3.63) is 65.7 Å². The van der Waals surface area contributed by atoms with Crippen LogP contribution in [0.25, 0.3) is 0 Å². The molecule has 0 saturated carbocycles. The highest BCUT2D eigenvalue weighted by molar-refractivity contribution is 7.89. The molecule has 2 aromatic rings. The van der Waals surface area contributed by atoms with Gasteiger partial charge in [-0.3, -0.25) is 0 Å². The van der Waals surface area contributed by atoms with E-state index in [9.17, 15) is 8.42 Å². The molecule has 0 aromatic heterocycles. The van der Waals surface area contributed by atoms with Gasteiger partial charge in [0.25, 0.3) is 0 Å². The van der Waals surface area contributed by atoms with Gasteiger partial charge >= 0.3 is 0 Å². The second kappa shape index (κ2) is 7.07. The van der Waals surface area contributed by atoms with Crippen LogP contribution in [-0.2, 0) is 16.4 Å². The molecule has 5 heteroatoms. The Labute approximate surface area is 131 Å². The number of benzene rings is 2. The molecule has 112 valence electrons. The zero-order valence-electron chi connectivity index (χ0n) is 11.8. The van der Waals surface area contributed by atoms with Gasteiger partial charge in [-0.25, -0.2) is 13.1 Å². The summed E-state index contributed by atoms with van der Waals surface area (Å²) in [6, 6.07) is 16.5. The van der Waals surface area contributed by atoms with Crippen molar-refractivity contribution in [3.63, 3.8) is 0 Å². The number of alkyl halides is 1. The number of sulfonamides is 1. The van der Waals surface area contributed by atoms with Crippen LogP contribution in [0.3, 0.4) is 0 Å². The van der Waals surface area contributed by atoms with E-state index < -0.39 is 10.0 Å². The molecule has 0 aliphatic rings. The summed E-state index contributed by atoms with van der Waals surface area (Å²) in [5, 5.41) is -0.285. The van der Waals surface area contributed by atoms with Crippen molar-refractivity contribution in [2.24, 2.45) is 0 Å². The van der Waals surface area contributed by atoms with Crippen molar-refractivity contribution in [1.82, 2.24) is 4.72 Å². The highest BCUT2D eigenvalue weighted by atomic mass is 35.5. The first kappa shape index (κ1) is 16.0. The summed E-state index contributed by atoms with van der Waals surface area (Å²) in [4.78, 5) is 0.261. The molecule has 0 amide bonds. The first-order valence-corrected chi connectivity index (χ1v) is 8.64. The second-order valence-corrected chi connectivity index (χ2v) is 7.34. The van der Waals surface area contributed by atoms with E-state index in [1.807, 2.05) is 37.3 Å². The van der Waals surface area contributed by atoms with Crippen molar-refractivity contribution in [1.29, 1.82) is 0 Å². The molecule has 0 heterocycles. The third-order valence-corrected chi connectivity index (χ3v) is 4.87. The van der Waals surface area contributed by atoms with Crippen LogP contribution in [0, 0.1) is 6.92 Å². The number of hydrogen-bond acceptors (Lipinski definition) is 2. The largest absolute Gasteiger partial charge is 0.240 e. The Balaban J connectivity index is 1.94. The summed E-state index contributed by atoms with van der Waals surface area (Å²) in [5.74, 6) is 0. The lowest BCUT2D eigenvalue weighted by Crippen LogP contribution is -2.30. The van der Waals surface area contributed by atoms with Crippen LogP contribution in [0.4, 0.5) is 0 Å². The third kappa shape index (κ3) is 4.84. The number of hydrogen-bond donors (Lipinski definition) is 1. The number of halogens is 1. The molecule has 0 radical (unpaired) electrons. The Morgan fingerprint density at radius 1 is 1.05 bits per heavy atom. The molecule has 3 nitrogen and oxygen atoms in total. The normalized spacial score (nSPS) is 13.0. The molecular formula is C16H18ClNO2S. The minimum atomic E-state index is -3.50. The van der Waals surface area contributed by atoms with E-state index in [0.29, 0.717) is 6.42 Å². The van der Waals surface area contributed by atoms with E-state index in [0.717, 1.165) is 11.1 Å². The minimum Gasteiger partial charge on any atom is -0.210 e. The lowest BCUT2D eigenvalue weighted by atomic mass is 10.1. The fourth-order valence-corrected chi connectivity index (χ4v) is 3.37. The van der Waals surface area contributed by atoms with Gasteiger partial charge in [0.15, 0.2) is 0 Å². The van der Waals surface area contributed by atoms with Gasteiger partial charge in [0, 0.05) is 6.54 Å². The maximum absolute atomic E-state index is 12.1. The van der Waals surface area contributed by atoms with Crippen molar-refractivity contribution in [2.45, 2.75) is 23.6 Å². The first-order chi connectivity index (χ1) is 9.97. The fraction of sp³-hybridized carbons (Fsp3) is 0.250. The highest BCUT2D eigenvalue weighted by Gasteiger charge is 2.15. The van der Waals surface area contributed by atoms with Gasteiger partial charge in [-0.2, -0.15) is 0 Å². The van der Waals surface area contributed by atoms with E-state index >= 15 is 0 Å². The first-order valence-electron chi connectivity index (χ1n) is 6.72. The van der Waals surface area contributed by atoms with Crippen LogP contribution in [0.1, 0.15) is 11.1 Å². The molecule has 0 spiro atoms. The molecule has 21 heavy (non-hydrogen) atoms. The third-order valence-electron chi connectivity index (χ3n) is 3.13. The number of aryl methyl sites for hydroxylation is 1. The molecule has 1 unspecified atom stereocenters. The lowest BCUT2D eigenvalue weighted by molar-refractivity contribution is 0.579. The predicted octanol–water partition coefficient (Wildman–Crippen LogP) is 3.12. The van der Waals surface area contributed by atoms with E-state index in [1.165, 1.54) is 0 Å². The van der Waals surface area contributed by atoms with Crippen molar-refractivity contribution in [3.8, 4) is 0 Å². The molecule has 2 rings (SSSR count). The maximum atomic E-state index is 12.1. The fourth-order valence-electron chi connectivity index (χ4n) is 1.94. The van der Waals surface area contributed by atoms with Crippen LogP contribution in [0.15, 0.2) is 59.5 Å². The van der Waals surface area contributed by atoms with Crippen LogP contribution >= 0.6 is 11.6 Å². The molecule has 0 bridgehead atoms. The van der Waals surface area contributed by atoms with Crippen LogP contribution in [-0.4, -0.2) is 20.3 Å². The zero-order chi connectivity index (χ0) is 15.3. The van der Waals surface area contributed by atoms with Gasteiger partial charge in [0.1, 0.15) is 0 Å².